The molecule has 4 aliphatic carbocycles. The Hall–Kier alpha value is -2.55. The van der Waals surface area contributed by atoms with Gasteiger partial charge in [0.05, 0.1) is 7.11 Å². The van der Waals surface area contributed by atoms with E-state index >= 15 is 0 Å². The van der Waals surface area contributed by atoms with Crippen LogP contribution in [0.25, 0.3) is 17.9 Å². The summed E-state index contributed by atoms with van der Waals surface area (Å²) in [6.07, 6.45) is 14.2. The van der Waals surface area contributed by atoms with Crippen LogP contribution in [0.5, 0.6) is 5.75 Å². The number of nitrogens with zero attached hydrogens (tertiary/aromatic N) is 1. The number of aromatic nitrogens is 1. The fourth-order valence-electron chi connectivity index (χ4n) is 5.95. The zero-order chi connectivity index (χ0) is 19.1. The van der Waals surface area contributed by atoms with Crippen molar-refractivity contribution in [3.05, 3.63) is 65.0 Å². The molecule has 2 aromatic rings. The molecule has 1 N–H and O–H groups in total. The normalized spacial score (nSPS) is 28.1. The molecule has 4 fully saturated rings. The van der Waals surface area contributed by atoms with Crippen LogP contribution in [0.3, 0.4) is 0 Å². The van der Waals surface area contributed by atoms with Gasteiger partial charge >= 0.3 is 0 Å². The molecule has 0 unspecified atom stereocenters. The summed E-state index contributed by atoms with van der Waals surface area (Å²) in [5.41, 5.74) is 4.40. The first-order valence-electron chi connectivity index (χ1n) is 10.4. The number of phenols is 1. The van der Waals surface area contributed by atoms with Gasteiger partial charge in [0.2, 0.25) is 0 Å². The Bertz CT molecular complexity index is 899. The number of methoxy groups -OCH3 is 1. The summed E-state index contributed by atoms with van der Waals surface area (Å²) in [5.74, 6) is 4.52. The second-order valence-corrected chi connectivity index (χ2v) is 8.68. The molecule has 6 rings (SSSR count). The number of hydrogen-bond donors (Lipinski definition) is 1. The fourth-order valence-corrected chi connectivity index (χ4v) is 5.95. The molecule has 0 radical (unpaired) electrons. The van der Waals surface area contributed by atoms with Gasteiger partial charge in [-0.2, -0.15) is 0 Å². The van der Waals surface area contributed by atoms with Gasteiger partial charge < -0.3 is 9.84 Å². The minimum atomic E-state index is 0.293. The largest absolute Gasteiger partial charge is 0.507 e. The zero-order valence-electron chi connectivity index (χ0n) is 16.3. The summed E-state index contributed by atoms with van der Waals surface area (Å²) in [4.78, 5) is 4.03. The van der Waals surface area contributed by atoms with E-state index in [2.05, 4.69) is 11.1 Å². The lowest BCUT2D eigenvalue weighted by Gasteiger charge is -2.51. The van der Waals surface area contributed by atoms with Crippen LogP contribution in [0.2, 0.25) is 0 Å². The lowest BCUT2D eigenvalue weighted by molar-refractivity contribution is 0.0675. The monoisotopic (exact) mass is 373 g/mol. The maximum absolute atomic E-state index is 10.6. The summed E-state index contributed by atoms with van der Waals surface area (Å²) in [6.45, 7) is 0. The third-order valence-electron chi connectivity index (χ3n) is 6.94. The van der Waals surface area contributed by atoms with Crippen molar-refractivity contribution in [3.8, 4) is 5.75 Å². The van der Waals surface area contributed by atoms with Crippen molar-refractivity contribution < 1.29 is 9.84 Å². The summed E-state index contributed by atoms with van der Waals surface area (Å²) in [7, 11) is 1.78. The maximum atomic E-state index is 10.6. The van der Waals surface area contributed by atoms with Crippen molar-refractivity contribution in [1.29, 1.82) is 0 Å². The van der Waals surface area contributed by atoms with E-state index in [1.165, 1.54) is 37.7 Å². The van der Waals surface area contributed by atoms with E-state index in [0.717, 1.165) is 34.3 Å². The number of pyridine rings is 1. The van der Waals surface area contributed by atoms with Crippen molar-refractivity contribution in [2.45, 2.75) is 32.1 Å². The average Bonchev–Trinajstić information content (AvgIpc) is 2.70. The third kappa shape index (κ3) is 3.13. The summed E-state index contributed by atoms with van der Waals surface area (Å²) >= 11 is 0. The Labute approximate surface area is 166 Å². The Balaban J connectivity index is 1.46. The molecule has 0 aliphatic heterocycles. The molecule has 0 amide bonds. The highest BCUT2D eigenvalue weighted by molar-refractivity contribution is 5.75. The highest BCUT2D eigenvalue weighted by Gasteiger charge is 2.46. The smallest absolute Gasteiger partial charge is 0.125 e. The molecule has 144 valence electrons. The number of rotatable bonds is 4. The Morgan fingerprint density at radius 2 is 1.64 bits per heavy atom. The Morgan fingerprint density at radius 1 is 0.964 bits per heavy atom. The molecule has 1 heterocycles. The predicted molar refractivity (Wildman–Crippen MR) is 112 cm³/mol. The first kappa shape index (κ1) is 17.5. The molecule has 0 saturated heterocycles. The van der Waals surface area contributed by atoms with E-state index in [9.17, 15) is 5.11 Å². The highest BCUT2D eigenvalue weighted by atomic mass is 16.5. The van der Waals surface area contributed by atoms with Crippen LogP contribution in [-0.4, -0.2) is 17.2 Å². The Morgan fingerprint density at radius 3 is 2.25 bits per heavy atom. The molecule has 4 bridgehead atoms. The van der Waals surface area contributed by atoms with Crippen molar-refractivity contribution in [1.82, 2.24) is 4.98 Å². The fraction of sp³-hybridized carbons (Fsp3) is 0.400. The minimum Gasteiger partial charge on any atom is -0.507 e. The molecule has 0 spiro atoms. The molecule has 3 heteroatoms. The molecular formula is C25H27NO2. The molecular weight excluding hydrogens is 346 g/mol. The standard InChI is InChI=1S/C25H27NO2/c1-28-25(24-21-11-17-10-18(13-21)14-22(24)12-17)20-5-4-19(23(27)15-20)3-2-16-6-8-26-9-7-16/h2-9,15,17-18,21-22,27H,10-14H2,1H3/b3-2+,25-24?. The topological polar surface area (TPSA) is 42.4 Å². The number of aromatic hydroxyl groups is 1. The highest BCUT2D eigenvalue weighted by Crippen LogP contribution is 2.58. The van der Waals surface area contributed by atoms with E-state index in [4.69, 9.17) is 4.74 Å². The molecule has 4 aliphatic rings. The molecule has 1 aromatic heterocycles. The van der Waals surface area contributed by atoms with Gasteiger partial charge in [0.1, 0.15) is 11.5 Å². The van der Waals surface area contributed by atoms with Crippen LogP contribution in [0, 0.1) is 23.7 Å². The maximum Gasteiger partial charge on any atom is 0.125 e. The summed E-state index contributed by atoms with van der Waals surface area (Å²) in [6, 6.07) is 9.83. The van der Waals surface area contributed by atoms with Gasteiger partial charge in [-0.3, -0.25) is 4.98 Å². The lowest BCUT2D eigenvalue weighted by atomic mass is 9.54. The SMILES string of the molecule is COC(=C1C2CC3CC(C2)CC1C3)c1ccc(/C=C/c2ccncc2)c(O)c1. The van der Waals surface area contributed by atoms with E-state index in [1.807, 2.05) is 36.4 Å². The van der Waals surface area contributed by atoms with E-state index in [1.54, 1.807) is 19.5 Å². The van der Waals surface area contributed by atoms with Gasteiger partial charge in [-0.15, -0.1) is 0 Å². The van der Waals surface area contributed by atoms with Crippen LogP contribution in [0.15, 0.2) is 48.3 Å². The van der Waals surface area contributed by atoms with Crippen molar-refractivity contribution >= 4 is 17.9 Å². The first-order chi connectivity index (χ1) is 13.7. The Kier molecular flexibility index (Phi) is 4.46. The number of allylic oxidation sites excluding steroid dienone is 1. The number of phenolic OH excluding ortho intramolecular Hbond substituents is 1. The van der Waals surface area contributed by atoms with Gasteiger partial charge in [-0.05, 0) is 85.1 Å². The van der Waals surface area contributed by atoms with Crippen LogP contribution in [0.4, 0.5) is 0 Å². The van der Waals surface area contributed by atoms with Gasteiger partial charge in [0, 0.05) is 23.5 Å². The second-order valence-electron chi connectivity index (χ2n) is 8.68. The van der Waals surface area contributed by atoms with Crippen LogP contribution < -0.4 is 0 Å². The molecule has 4 saturated carbocycles. The quantitative estimate of drug-likeness (QED) is 0.692. The molecule has 0 atom stereocenters. The van der Waals surface area contributed by atoms with E-state index in [0.29, 0.717) is 17.6 Å². The van der Waals surface area contributed by atoms with E-state index in [-0.39, 0.29) is 0 Å². The van der Waals surface area contributed by atoms with Crippen molar-refractivity contribution in [2.75, 3.05) is 7.11 Å². The zero-order valence-corrected chi connectivity index (χ0v) is 16.3. The molecule has 1 aromatic carbocycles. The summed E-state index contributed by atoms with van der Waals surface area (Å²) < 4.78 is 5.93. The molecule has 28 heavy (non-hydrogen) atoms. The van der Waals surface area contributed by atoms with Crippen molar-refractivity contribution in [3.63, 3.8) is 0 Å². The van der Waals surface area contributed by atoms with Crippen LogP contribution >= 0.6 is 0 Å². The van der Waals surface area contributed by atoms with Crippen molar-refractivity contribution in [2.24, 2.45) is 23.7 Å². The number of ether oxygens (including phenoxy) is 1. The summed E-state index contributed by atoms with van der Waals surface area (Å²) in [5, 5.41) is 10.6. The third-order valence-corrected chi connectivity index (χ3v) is 6.94. The van der Waals surface area contributed by atoms with Gasteiger partial charge in [-0.1, -0.05) is 24.3 Å². The van der Waals surface area contributed by atoms with Crippen LogP contribution in [0.1, 0.15) is 48.8 Å². The second kappa shape index (κ2) is 7.12. The lowest BCUT2D eigenvalue weighted by Crippen LogP contribution is -2.40. The molecule has 3 nitrogen and oxygen atoms in total. The number of benzene rings is 1. The first-order valence-corrected chi connectivity index (χ1v) is 10.4. The van der Waals surface area contributed by atoms with E-state index < -0.39 is 0 Å². The van der Waals surface area contributed by atoms with Gasteiger partial charge in [-0.25, -0.2) is 0 Å². The minimum absolute atomic E-state index is 0.293. The van der Waals surface area contributed by atoms with Gasteiger partial charge in [0.25, 0.3) is 0 Å². The van der Waals surface area contributed by atoms with Crippen LogP contribution in [-0.2, 0) is 4.74 Å². The number of hydrogen-bond acceptors (Lipinski definition) is 3. The van der Waals surface area contributed by atoms with Gasteiger partial charge in [0.15, 0.2) is 0 Å². The predicted octanol–water partition coefficient (Wildman–Crippen LogP) is 5.77. The average molecular weight is 373 g/mol.